The number of rotatable bonds is 3. The topological polar surface area (TPSA) is 97.7 Å². The number of aryl methyl sites for hydroxylation is 2. The Hall–Kier alpha value is -3.15. The normalized spacial score (nSPS) is 13.9. The van der Waals surface area contributed by atoms with Gasteiger partial charge in [0, 0.05) is 18.0 Å². The number of hydrogen-bond donors (Lipinski definition) is 2. The first-order chi connectivity index (χ1) is 12.4. The van der Waals surface area contributed by atoms with Gasteiger partial charge in [0.2, 0.25) is 0 Å². The Morgan fingerprint density at radius 2 is 2.04 bits per heavy atom. The molecule has 0 aromatic carbocycles. The molecule has 26 heavy (non-hydrogen) atoms. The van der Waals surface area contributed by atoms with Crippen LogP contribution in [0.15, 0.2) is 35.4 Å². The van der Waals surface area contributed by atoms with Crippen LogP contribution in [0.4, 0.5) is 5.82 Å². The Bertz CT molecular complexity index is 1130. The van der Waals surface area contributed by atoms with Crippen molar-refractivity contribution in [1.82, 2.24) is 9.38 Å². The highest BCUT2D eigenvalue weighted by Crippen LogP contribution is 2.43. The first-order valence-corrected chi connectivity index (χ1v) is 8.53. The molecule has 6 nitrogen and oxygen atoms in total. The number of nitrogens with zero attached hydrogens (tertiary/aromatic N) is 2. The summed E-state index contributed by atoms with van der Waals surface area (Å²) in [5, 5.41) is 9.38. The van der Waals surface area contributed by atoms with Crippen molar-refractivity contribution >= 4 is 17.3 Å². The lowest BCUT2D eigenvalue weighted by Gasteiger charge is -2.15. The van der Waals surface area contributed by atoms with Gasteiger partial charge in [0.25, 0.3) is 5.56 Å². The second-order valence-electron chi connectivity index (χ2n) is 6.90. The van der Waals surface area contributed by atoms with Crippen LogP contribution in [0.1, 0.15) is 45.8 Å². The van der Waals surface area contributed by atoms with Gasteiger partial charge in [-0.25, -0.2) is 9.78 Å². The zero-order chi connectivity index (χ0) is 18.6. The second kappa shape index (κ2) is 5.69. The van der Waals surface area contributed by atoms with E-state index in [0.717, 1.165) is 46.2 Å². The number of carboxylic acid groups (broad SMARTS) is 1. The molecule has 0 saturated heterocycles. The summed E-state index contributed by atoms with van der Waals surface area (Å²) in [5.41, 5.74) is 10.6. The van der Waals surface area contributed by atoms with Crippen LogP contribution in [-0.4, -0.2) is 20.5 Å². The molecule has 3 aromatic rings. The van der Waals surface area contributed by atoms with Crippen LogP contribution in [0.3, 0.4) is 0 Å². The molecule has 0 amide bonds. The Balaban J connectivity index is 2.05. The summed E-state index contributed by atoms with van der Waals surface area (Å²) in [7, 11) is 0. The van der Waals surface area contributed by atoms with Crippen LogP contribution in [-0.2, 0) is 0 Å². The average Bonchev–Trinajstić information content (AvgIpc) is 3.43. The SMILES string of the molecule is Cc1cc(-c2ccn3c(=O)c(C(=O)O)cc(C4CC4)c3c2C)cnc1N. The van der Waals surface area contributed by atoms with Crippen LogP contribution < -0.4 is 11.3 Å². The van der Waals surface area contributed by atoms with Crippen molar-refractivity contribution in [3.05, 3.63) is 63.2 Å². The first-order valence-electron chi connectivity index (χ1n) is 8.53. The molecule has 0 atom stereocenters. The zero-order valence-corrected chi connectivity index (χ0v) is 14.6. The maximum atomic E-state index is 12.6. The Morgan fingerprint density at radius 3 is 2.65 bits per heavy atom. The highest BCUT2D eigenvalue weighted by atomic mass is 16.4. The lowest BCUT2D eigenvalue weighted by atomic mass is 9.97. The van der Waals surface area contributed by atoms with E-state index in [1.54, 1.807) is 18.5 Å². The van der Waals surface area contributed by atoms with Crippen LogP contribution in [0.25, 0.3) is 16.6 Å². The largest absolute Gasteiger partial charge is 0.477 e. The van der Waals surface area contributed by atoms with Gasteiger partial charge in [0.15, 0.2) is 0 Å². The quantitative estimate of drug-likeness (QED) is 0.757. The van der Waals surface area contributed by atoms with E-state index in [1.807, 2.05) is 26.0 Å². The number of carbonyl (C=O) groups is 1. The van der Waals surface area contributed by atoms with Crippen LogP contribution in [0.2, 0.25) is 0 Å². The van der Waals surface area contributed by atoms with E-state index in [-0.39, 0.29) is 5.56 Å². The molecular weight excluding hydrogens is 330 g/mol. The second-order valence-corrected chi connectivity index (χ2v) is 6.90. The minimum absolute atomic E-state index is 0.179. The number of nitrogen functional groups attached to an aromatic ring is 1. The van der Waals surface area contributed by atoms with E-state index >= 15 is 0 Å². The van der Waals surface area contributed by atoms with Crippen molar-refractivity contribution in [1.29, 1.82) is 0 Å². The fraction of sp³-hybridized carbons (Fsp3) is 0.250. The van der Waals surface area contributed by atoms with Crippen LogP contribution in [0, 0.1) is 13.8 Å². The Kier molecular flexibility index (Phi) is 3.57. The van der Waals surface area contributed by atoms with Gasteiger partial charge in [0.05, 0.1) is 5.52 Å². The molecule has 4 rings (SSSR count). The minimum atomic E-state index is -1.19. The molecular formula is C20H19N3O3. The number of carboxylic acids is 1. The third kappa shape index (κ3) is 2.45. The molecule has 0 bridgehead atoms. The van der Waals surface area contributed by atoms with Crippen molar-refractivity contribution in [2.45, 2.75) is 32.6 Å². The molecule has 3 N–H and O–H groups in total. The molecule has 0 unspecified atom stereocenters. The van der Waals surface area contributed by atoms with Crippen LogP contribution >= 0.6 is 0 Å². The van der Waals surface area contributed by atoms with Crippen molar-refractivity contribution in [3.63, 3.8) is 0 Å². The van der Waals surface area contributed by atoms with E-state index in [2.05, 4.69) is 4.98 Å². The van der Waals surface area contributed by atoms with Gasteiger partial charge >= 0.3 is 5.97 Å². The standard InChI is InChI=1S/C20H19N3O3/c1-10-7-13(9-22-18(10)21)14-5-6-23-17(11(14)2)15(12-3-4-12)8-16(19(23)24)20(25)26/h5-9,12H,3-4H2,1-2H3,(H2,21,22)(H,25,26). The molecule has 132 valence electrons. The number of anilines is 1. The summed E-state index contributed by atoms with van der Waals surface area (Å²) < 4.78 is 1.47. The first kappa shape index (κ1) is 16.3. The number of hydrogen-bond acceptors (Lipinski definition) is 4. The molecule has 6 heteroatoms. The molecule has 0 aliphatic heterocycles. The summed E-state index contributed by atoms with van der Waals surface area (Å²) in [6, 6.07) is 5.36. The third-order valence-corrected chi connectivity index (χ3v) is 5.09. The summed E-state index contributed by atoms with van der Waals surface area (Å²) in [6.45, 7) is 3.86. The molecule has 3 aromatic heterocycles. The molecule has 1 saturated carbocycles. The van der Waals surface area contributed by atoms with Crippen molar-refractivity contribution < 1.29 is 9.90 Å². The van der Waals surface area contributed by atoms with Gasteiger partial charge in [-0.3, -0.25) is 9.20 Å². The van der Waals surface area contributed by atoms with Gasteiger partial charge in [-0.05, 0) is 73.1 Å². The fourth-order valence-corrected chi connectivity index (χ4v) is 3.50. The van der Waals surface area contributed by atoms with E-state index in [1.165, 1.54) is 4.40 Å². The number of pyridine rings is 3. The molecule has 0 radical (unpaired) electrons. The number of nitrogens with two attached hydrogens (primary N) is 1. The van der Waals surface area contributed by atoms with Crippen molar-refractivity contribution in [2.24, 2.45) is 0 Å². The summed E-state index contributed by atoms with van der Waals surface area (Å²) in [6.07, 6.45) is 5.41. The Morgan fingerprint density at radius 1 is 1.31 bits per heavy atom. The number of aromatic carboxylic acids is 1. The van der Waals surface area contributed by atoms with E-state index in [9.17, 15) is 14.7 Å². The van der Waals surface area contributed by atoms with Crippen LogP contribution in [0.5, 0.6) is 0 Å². The van der Waals surface area contributed by atoms with E-state index < -0.39 is 11.5 Å². The number of fused-ring (bicyclic) bond motifs is 1. The monoisotopic (exact) mass is 349 g/mol. The molecule has 3 heterocycles. The predicted octanol–water partition coefficient (Wildman–Crippen LogP) is 3.14. The molecule has 1 fully saturated rings. The zero-order valence-electron chi connectivity index (χ0n) is 14.6. The third-order valence-electron chi connectivity index (χ3n) is 5.09. The smallest absolute Gasteiger partial charge is 0.341 e. The predicted molar refractivity (Wildman–Crippen MR) is 99.7 cm³/mol. The number of aromatic nitrogens is 2. The van der Waals surface area contributed by atoms with Gasteiger partial charge < -0.3 is 10.8 Å². The lowest BCUT2D eigenvalue weighted by molar-refractivity contribution is 0.0694. The van der Waals surface area contributed by atoms with Gasteiger partial charge in [-0.1, -0.05) is 0 Å². The molecule has 1 aliphatic carbocycles. The van der Waals surface area contributed by atoms with Gasteiger partial charge in [-0.2, -0.15) is 0 Å². The van der Waals surface area contributed by atoms with Crippen molar-refractivity contribution in [3.8, 4) is 11.1 Å². The summed E-state index contributed by atoms with van der Waals surface area (Å²) in [4.78, 5) is 28.3. The molecule has 1 aliphatic rings. The van der Waals surface area contributed by atoms with Gasteiger partial charge in [0.1, 0.15) is 11.4 Å². The van der Waals surface area contributed by atoms with Crippen molar-refractivity contribution in [2.75, 3.05) is 5.73 Å². The highest BCUT2D eigenvalue weighted by Gasteiger charge is 2.29. The molecule has 0 spiro atoms. The maximum Gasteiger partial charge on any atom is 0.341 e. The average molecular weight is 349 g/mol. The summed E-state index contributed by atoms with van der Waals surface area (Å²) in [5.74, 6) is -0.386. The van der Waals surface area contributed by atoms with E-state index in [0.29, 0.717) is 11.7 Å². The lowest BCUT2D eigenvalue weighted by Crippen LogP contribution is -2.23. The highest BCUT2D eigenvalue weighted by molar-refractivity contribution is 5.89. The summed E-state index contributed by atoms with van der Waals surface area (Å²) >= 11 is 0. The Labute approximate surface area is 149 Å². The maximum absolute atomic E-state index is 12.6. The fourth-order valence-electron chi connectivity index (χ4n) is 3.50. The van der Waals surface area contributed by atoms with E-state index in [4.69, 9.17) is 5.73 Å². The minimum Gasteiger partial charge on any atom is -0.477 e. The van der Waals surface area contributed by atoms with Gasteiger partial charge in [-0.15, -0.1) is 0 Å².